The number of nitrogens with zero attached hydrogens (tertiary/aromatic N) is 4. The van der Waals surface area contributed by atoms with Crippen LogP contribution >= 0.6 is 11.3 Å². The third kappa shape index (κ3) is 2.45. The lowest BCUT2D eigenvalue weighted by atomic mass is 10.1. The molecule has 1 aromatic carbocycles. The van der Waals surface area contributed by atoms with E-state index in [1.165, 1.54) is 27.2 Å². The van der Waals surface area contributed by atoms with Gasteiger partial charge in [0.15, 0.2) is 0 Å². The number of rotatable bonds is 3. The lowest BCUT2D eigenvalue weighted by Crippen LogP contribution is -2.22. The summed E-state index contributed by atoms with van der Waals surface area (Å²) in [6.07, 6.45) is 4.89. The van der Waals surface area contributed by atoms with Gasteiger partial charge in [0.05, 0.1) is 34.5 Å². The highest BCUT2D eigenvalue weighted by atomic mass is 32.1. The number of hydrogen-bond donors (Lipinski definition) is 0. The molecule has 122 valence electrons. The molecule has 0 saturated carbocycles. The Kier molecular flexibility index (Phi) is 3.73. The highest BCUT2D eigenvalue weighted by molar-refractivity contribution is 7.19. The van der Waals surface area contributed by atoms with Gasteiger partial charge in [-0.05, 0) is 30.2 Å². The van der Waals surface area contributed by atoms with Crippen LogP contribution in [0.2, 0.25) is 0 Å². The SMILES string of the molecule is CCc1ccc(N2C=Nc3c(sc4nccc(N(C)C)c34)C2)cc1. The molecule has 0 unspecified atom stereocenters. The molecule has 0 radical (unpaired) electrons. The molecule has 0 aliphatic carbocycles. The fraction of sp³-hybridized carbons (Fsp3) is 0.263. The molecule has 0 bridgehead atoms. The van der Waals surface area contributed by atoms with Crippen molar-refractivity contribution >= 4 is 45.0 Å². The molecule has 0 amide bonds. The van der Waals surface area contributed by atoms with Gasteiger partial charge in [-0.15, -0.1) is 11.3 Å². The van der Waals surface area contributed by atoms with Crippen molar-refractivity contribution in [1.29, 1.82) is 0 Å². The minimum Gasteiger partial charge on any atom is -0.377 e. The van der Waals surface area contributed by atoms with Crippen LogP contribution in [0.4, 0.5) is 17.1 Å². The Hall–Kier alpha value is -2.40. The third-order valence-corrected chi connectivity index (χ3v) is 5.48. The number of aryl methyl sites for hydroxylation is 1. The monoisotopic (exact) mass is 336 g/mol. The van der Waals surface area contributed by atoms with Crippen molar-refractivity contribution in [2.75, 3.05) is 23.9 Å². The van der Waals surface area contributed by atoms with Gasteiger partial charge in [0.1, 0.15) is 4.83 Å². The Labute approximate surface area is 146 Å². The number of hydrogen-bond acceptors (Lipinski definition) is 5. The Balaban J connectivity index is 1.74. The maximum absolute atomic E-state index is 4.77. The minimum absolute atomic E-state index is 0.845. The van der Waals surface area contributed by atoms with Crippen LogP contribution < -0.4 is 9.80 Å². The second kappa shape index (κ2) is 5.91. The predicted octanol–water partition coefficient (Wildman–Crippen LogP) is 4.60. The topological polar surface area (TPSA) is 31.7 Å². The van der Waals surface area contributed by atoms with Gasteiger partial charge in [-0.25, -0.2) is 9.98 Å². The van der Waals surface area contributed by atoms with Gasteiger partial charge in [-0.3, -0.25) is 0 Å². The molecule has 0 atom stereocenters. The van der Waals surface area contributed by atoms with Gasteiger partial charge in [-0.1, -0.05) is 19.1 Å². The number of aliphatic imine (C=N–C) groups is 1. The van der Waals surface area contributed by atoms with E-state index in [2.05, 4.69) is 66.1 Å². The molecule has 3 heterocycles. The summed E-state index contributed by atoms with van der Waals surface area (Å²) in [6.45, 7) is 3.02. The molecule has 24 heavy (non-hydrogen) atoms. The van der Waals surface area contributed by atoms with E-state index in [1.807, 2.05) is 12.5 Å². The van der Waals surface area contributed by atoms with Crippen LogP contribution in [-0.4, -0.2) is 25.4 Å². The van der Waals surface area contributed by atoms with Crippen molar-refractivity contribution in [3.05, 3.63) is 47.0 Å². The zero-order valence-electron chi connectivity index (χ0n) is 14.2. The average molecular weight is 336 g/mol. The molecule has 1 aliphatic rings. The second-order valence-electron chi connectivity index (χ2n) is 6.17. The van der Waals surface area contributed by atoms with E-state index in [0.29, 0.717) is 0 Å². The van der Waals surface area contributed by atoms with E-state index in [-0.39, 0.29) is 0 Å². The van der Waals surface area contributed by atoms with Crippen LogP contribution in [0.15, 0.2) is 41.5 Å². The number of fused-ring (bicyclic) bond motifs is 3. The highest BCUT2D eigenvalue weighted by Crippen LogP contribution is 2.44. The van der Waals surface area contributed by atoms with Gasteiger partial charge >= 0.3 is 0 Å². The third-order valence-electron chi connectivity index (χ3n) is 4.41. The minimum atomic E-state index is 0.845. The molecule has 2 aromatic heterocycles. The molecule has 3 aromatic rings. The molecule has 5 heteroatoms. The normalized spacial score (nSPS) is 13.4. The summed E-state index contributed by atoms with van der Waals surface area (Å²) in [5.41, 5.74) is 4.79. The molecule has 0 N–H and O–H groups in total. The maximum Gasteiger partial charge on any atom is 0.127 e. The zero-order chi connectivity index (χ0) is 16.7. The summed E-state index contributed by atoms with van der Waals surface area (Å²) in [7, 11) is 4.12. The summed E-state index contributed by atoms with van der Waals surface area (Å²) in [5, 5.41) is 1.17. The van der Waals surface area contributed by atoms with Gasteiger partial charge in [0.25, 0.3) is 0 Å². The number of aromatic nitrogens is 1. The van der Waals surface area contributed by atoms with E-state index in [4.69, 9.17) is 4.99 Å². The first-order valence-corrected chi connectivity index (χ1v) is 8.96. The molecular weight excluding hydrogens is 316 g/mol. The van der Waals surface area contributed by atoms with Crippen molar-refractivity contribution in [3.63, 3.8) is 0 Å². The van der Waals surface area contributed by atoms with Crippen LogP contribution in [0, 0.1) is 0 Å². The van der Waals surface area contributed by atoms with Crippen molar-refractivity contribution in [3.8, 4) is 0 Å². The molecule has 4 rings (SSSR count). The van der Waals surface area contributed by atoms with E-state index >= 15 is 0 Å². The lowest BCUT2D eigenvalue weighted by molar-refractivity contribution is 1.02. The van der Waals surface area contributed by atoms with E-state index in [0.717, 1.165) is 23.5 Å². The Morgan fingerprint density at radius 3 is 2.67 bits per heavy atom. The maximum atomic E-state index is 4.77. The summed E-state index contributed by atoms with van der Waals surface area (Å²) in [4.78, 5) is 16.0. The van der Waals surface area contributed by atoms with Gasteiger partial charge < -0.3 is 9.80 Å². The summed E-state index contributed by atoms with van der Waals surface area (Å²) >= 11 is 1.74. The van der Waals surface area contributed by atoms with E-state index in [1.54, 1.807) is 11.3 Å². The summed E-state index contributed by atoms with van der Waals surface area (Å²) in [6, 6.07) is 10.8. The van der Waals surface area contributed by atoms with Crippen LogP contribution in [0.3, 0.4) is 0 Å². The van der Waals surface area contributed by atoms with Crippen LogP contribution in [0.25, 0.3) is 10.2 Å². The highest BCUT2D eigenvalue weighted by Gasteiger charge is 2.21. The largest absolute Gasteiger partial charge is 0.377 e. The first kappa shape index (κ1) is 15.1. The predicted molar refractivity (Wildman–Crippen MR) is 104 cm³/mol. The quantitative estimate of drug-likeness (QED) is 0.700. The number of benzene rings is 1. The van der Waals surface area contributed by atoms with Crippen molar-refractivity contribution in [1.82, 2.24) is 4.98 Å². The first-order valence-electron chi connectivity index (χ1n) is 8.15. The fourth-order valence-electron chi connectivity index (χ4n) is 3.06. The number of anilines is 2. The molecule has 0 spiro atoms. The fourth-order valence-corrected chi connectivity index (χ4v) is 4.16. The Bertz CT molecular complexity index is 909. The smallest absolute Gasteiger partial charge is 0.127 e. The van der Waals surface area contributed by atoms with Crippen molar-refractivity contribution in [2.45, 2.75) is 19.9 Å². The first-order chi connectivity index (χ1) is 11.7. The number of thiophene rings is 1. The second-order valence-corrected chi connectivity index (χ2v) is 7.25. The van der Waals surface area contributed by atoms with Crippen molar-refractivity contribution in [2.24, 2.45) is 4.99 Å². The van der Waals surface area contributed by atoms with E-state index < -0.39 is 0 Å². The van der Waals surface area contributed by atoms with E-state index in [9.17, 15) is 0 Å². The Morgan fingerprint density at radius 2 is 1.96 bits per heavy atom. The molecule has 0 saturated heterocycles. The zero-order valence-corrected chi connectivity index (χ0v) is 15.0. The lowest BCUT2D eigenvalue weighted by Gasteiger charge is -2.23. The van der Waals surface area contributed by atoms with Crippen molar-refractivity contribution < 1.29 is 0 Å². The number of pyridine rings is 1. The summed E-state index contributed by atoms with van der Waals surface area (Å²) in [5.74, 6) is 0. The molecule has 4 nitrogen and oxygen atoms in total. The standard InChI is InChI=1S/C19H20N4S/c1-4-13-5-7-14(8-6-13)23-11-16-18(21-12-23)17-15(22(2)3)9-10-20-19(17)24-16/h5-10,12H,4,11H2,1-3H3. The molecule has 1 aliphatic heterocycles. The van der Waals surface area contributed by atoms with Gasteiger partial charge in [0, 0.05) is 26.0 Å². The van der Waals surface area contributed by atoms with Gasteiger partial charge in [-0.2, -0.15) is 0 Å². The van der Waals surface area contributed by atoms with Crippen LogP contribution in [-0.2, 0) is 13.0 Å². The average Bonchev–Trinajstić information content (AvgIpc) is 2.99. The van der Waals surface area contributed by atoms with Crippen LogP contribution in [0.5, 0.6) is 0 Å². The van der Waals surface area contributed by atoms with Crippen LogP contribution in [0.1, 0.15) is 17.4 Å². The van der Waals surface area contributed by atoms with Gasteiger partial charge in [0.2, 0.25) is 0 Å². The summed E-state index contributed by atoms with van der Waals surface area (Å²) < 4.78 is 0. The Morgan fingerprint density at radius 1 is 1.17 bits per heavy atom. The molecule has 0 fully saturated rings. The molecular formula is C19H20N4S.